The molecule has 4 aliphatic heterocycles. The minimum atomic E-state index is -1.23. The van der Waals surface area contributed by atoms with Gasteiger partial charge in [0.05, 0.1) is 34.4 Å². The van der Waals surface area contributed by atoms with E-state index < -0.39 is 11.6 Å². The monoisotopic (exact) mass is 865 g/mol. The van der Waals surface area contributed by atoms with Gasteiger partial charge in [0, 0.05) is 98.9 Å². The summed E-state index contributed by atoms with van der Waals surface area (Å²) in [5.74, 6) is -0.496. The summed E-state index contributed by atoms with van der Waals surface area (Å²) >= 11 is 0. The third kappa shape index (κ3) is 8.12. The van der Waals surface area contributed by atoms with Crippen molar-refractivity contribution in [2.75, 3.05) is 56.0 Å². The molecule has 4 amide bonds. The second-order valence-corrected chi connectivity index (χ2v) is 19.0. The van der Waals surface area contributed by atoms with Crippen molar-refractivity contribution in [2.45, 2.75) is 95.5 Å². The first kappa shape index (κ1) is 41.8. The van der Waals surface area contributed by atoms with Crippen molar-refractivity contribution in [3.63, 3.8) is 0 Å². The van der Waals surface area contributed by atoms with Crippen LogP contribution in [-0.4, -0.2) is 121 Å². The van der Waals surface area contributed by atoms with Crippen molar-refractivity contribution >= 4 is 51.4 Å². The number of carbonyl (C=O) groups excluding carboxylic acids is 4. The molecule has 1 aliphatic carbocycles. The highest BCUT2D eigenvalue weighted by Gasteiger charge is 2.39. The summed E-state index contributed by atoms with van der Waals surface area (Å²) in [6.45, 7) is 11.3. The number of nitrogens with one attached hydrogen (secondary N) is 2. The van der Waals surface area contributed by atoms with Crippen LogP contribution in [-0.2, 0) is 21.7 Å². The van der Waals surface area contributed by atoms with Gasteiger partial charge >= 0.3 is 0 Å². The van der Waals surface area contributed by atoms with Crippen LogP contribution in [0.25, 0.3) is 16.4 Å². The lowest BCUT2D eigenvalue weighted by atomic mass is 9.89. The zero-order valence-corrected chi connectivity index (χ0v) is 36.5. The Balaban J connectivity index is 0.696. The van der Waals surface area contributed by atoms with Gasteiger partial charge in [0.25, 0.3) is 11.8 Å². The number of aliphatic hydroxyl groups is 1. The van der Waals surface area contributed by atoms with Crippen LogP contribution in [0, 0.1) is 17.2 Å². The Morgan fingerprint density at radius 2 is 1.69 bits per heavy atom. The predicted octanol–water partition coefficient (Wildman–Crippen LogP) is 4.81. The molecule has 3 aromatic heterocycles. The third-order valence-corrected chi connectivity index (χ3v) is 14.4. The lowest BCUT2D eigenvalue weighted by molar-refractivity contribution is -0.136. The summed E-state index contributed by atoms with van der Waals surface area (Å²) < 4.78 is 3.59. The first-order valence-electron chi connectivity index (χ1n) is 22.8. The van der Waals surface area contributed by atoms with Gasteiger partial charge < -0.3 is 25.1 Å². The first-order valence-corrected chi connectivity index (χ1v) is 22.8. The molecule has 16 heteroatoms. The molecule has 1 saturated carbocycles. The molecule has 64 heavy (non-hydrogen) atoms. The predicted molar refractivity (Wildman–Crippen MR) is 240 cm³/mol. The van der Waals surface area contributed by atoms with Gasteiger partial charge in [-0.05, 0) is 119 Å². The lowest BCUT2D eigenvalue weighted by Gasteiger charge is -2.43. The zero-order valence-electron chi connectivity index (χ0n) is 36.5. The Kier molecular flexibility index (Phi) is 11.0. The van der Waals surface area contributed by atoms with Crippen LogP contribution in [0.15, 0.2) is 60.9 Å². The minimum absolute atomic E-state index is 0.130. The summed E-state index contributed by atoms with van der Waals surface area (Å²) in [5.41, 5.74) is 4.75. The number of benzene rings is 2. The number of nitrogens with zero attached hydrogens (tertiary/aromatic N) is 9. The van der Waals surface area contributed by atoms with Crippen molar-refractivity contribution in [3.8, 4) is 6.07 Å². The molecule has 16 nitrogen and oxygen atoms in total. The maximum absolute atomic E-state index is 13.6. The maximum atomic E-state index is 13.6. The van der Waals surface area contributed by atoms with Gasteiger partial charge in [-0.2, -0.15) is 15.5 Å². The van der Waals surface area contributed by atoms with E-state index in [0.717, 1.165) is 106 Å². The molecule has 0 bridgehead atoms. The molecule has 3 saturated heterocycles. The van der Waals surface area contributed by atoms with E-state index in [4.69, 9.17) is 5.10 Å². The summed E-state index contributed by atoms with van der Waals surface area (Å²) in [7, 11) is 0. The number of hydrogen-bond donors (Lipinski definition) is 3. The molecule has 10 rings (SSSR count). The molecular weight excluding hydrogens is 811 g/mol. The summed E-state index contributed by atoms with van der Waals surface area (Å²) in [4.78, 5) is 60.3. The molecule has 1 atom stereocenters. The van der Waals surface area contributed by atoms with Crippen LogP contribution in [0.2, 0.25) is 0 Å². The van der Waals surface area contributed by atoms with E-state index in [0.29, 0.717) is 58.5 Å². The molecule has 7 heterocycles. The number of hydrogen-bond acceptors (Lipinski definition) is 11. The number of carbonyl (C=O) groups is 4. The summed E-state index contributed by atoms with van der Waals surface area (Å²) in [5, 5.41) is 36.0. The normalized spacial score (nSPS) is 22.8. The van der Waals surface area contributed by atoms with Gasteiger partial charge in [-0.15, -0.1) is 0 Å². The quantitative estimate of drug-likeness (QED) is 0.173. The molecule has 0 radical (unpaired) electrons. The molecule has 332 valence electrons. The van der Waals surface area contributed by atoms with E-state index in [2.05, 4.69) is 53.4 Å². The number of nitriles is 1. The lowest BCUT2D eigenvalue weighted by Crippen LogP contribution is -2.52. The fourth-order valence-corrected chi connectivity index (χ4v) is 10.8. The maximum Gasteiger partial charge on any atom is 0.274 e. The Morgan fingerprint density at radius 1 is 0.922 bits per heavy atom. The van der Waals surface area contributed by atoms with Gasteiger partial charge in [-0.1, -0.05) is 0 Å². The Bertz CT molecular complexity index is 2690. The second kappa shape index (κ2) is 16.8. The molecule has 1 unspecified atom stereocenters. The highest BCUT2D eigenvalue weighted by atomic mass is 16.3. The van der Waals surface area contributed by atoms with Crippen molar-refractivity contribution in [1.82, 2.24) is 39.4 Å². The fraction of sp³-hybridized carbons (Fsp3) is 0.479. The Morgan fingerprint density at radius 3 is 2.42 bits per heavy atom. The van der Waals surface area contributed by atoms with Crippen LogP contribution in [0.4, 0.5) is 11.4 Å². The Labute approximate surface area is 371 Å². The van der Waals surface area contributed by atoms with E-state index >= 15 is 0 Å². The third-order valence-electron chi connectivity index (χ3n) is 14.4. The molecule has 2 aromatic carbocycles. The van der Waals surface area contributed by atoms with Crippen LogP contribution >= 0.6 is 0 Å². The van der Waals surface area contributed by atoms with Gasteiger partial charge in [-0.25, -0.2) is 4.52 Å². The number of anilines is 2. The molecule has 3 N–H and O–H groups in total. The molecular formula is C48H55N11O5. The van der Waals surface area contributed by atoms with Crippen molar-refractivity contribution in [3.05, 3.63) is 88.9 Å². The topological polar surface area (TPSA) is 184 Å². The van der Waals surface area contributed by atoms with Crippen LogP contribution in [0.1, 0.15) is 109 Å². The van der Waals surface area contributed by atoms with Gasteiger partial charge in [0.2, 0.25) is 11.8 Å². The SMILES string of the molecule is CC(C)(O)c1cc2nn([C@H]3CC[C@H](N4CCN(CC5CCN(c6ccc7c(c6)CN(C6CCC(=O)NC6=O)C7=O)CC5)CC4)CC3)cc2cc1NC(=O)c1ccc2cc(C#N)cnn12. The smallest absolute Gasteiger partial charge is 0.274 e. The van der Waals surface area contributed by atoms with E-state index in [-0.39, 0.29) is 36.1 Å². The number of piperazine rings is 1. The highest BCUT2D eigenvalue weighted by molar-refractivity contribution is 6.06. The number of imide groups is 1. The average Bonchev–Trinajstić information content (AvgIpc) is 4.01. The summed E-state index contributed by atoms with van der Waals surface area (Å²) in [6, 6.07) is 17.3. The number of fused-ring (bicyclic) bond motifs is 3. The molecule has 4 fully saturated rings. The van der Waals surface area contributed by atoms with E-state index in [1.807, 2.05) is 24.3 Å². The van der Waals surface area contributed by atoms with E-state index in [1.54, 1.807) is 36.9 Å². The average molecular weight is 866 g/mol. The number of rotatable bonds is 9. The molecule has 0 spiro atoms. The summed E-state index contributed by atoms with van der Waals surface area (Å²) in [6.07, 6.45) is 10.7. The minimum Gasteiger partial charge on any atom is -0.386 e. The van der Waals surface area contributed by atoms with Crippen LogP contribution in [0.5, 0.6) is 0 Å². The van der Waals surface area contributed by atoms with E-state index in [9.17, 15) is 29.5 Å². The molecule has 5 aliphatic rings. The zero-order chi connectivity index (χ0) is 44.3. The number of piperidine rings is 2. The van der Waals surface area contributed by atoms with Gasteiger partial charge in [0.1, 0.15) is 17.8 Å². The Hall–Kier alpha value is -6.15. The first-order chi connectivity index (χ1) is 30.9. The van der Waals surface area contributed by atoms with Crippen molar-refractivity contribution in [2.24, 2.45) is 5.92 Å². The largest absolute Gasteiger partial charge is 0.386 e. The standard InChI is InChI=1S/C48H55N11O5/c1-48(2,64)39-24-40-33(23-41(39)51-46(62)43-10-8-37-21-31(25-49)26-50-59(37)43)29-58(53-40)35-5-3-34(4-6-35)56-19-17-54(18-20-56)27-30-13-15-55(16-14-30)36-7-9-38-32(22-36)28-57(47(38)63)42-11-12-44(60)52-45(42)61/h7-10,21-24,26,29-30,34-35,42,64H,3-6,11-20,27-28H2,1-2H3,(H,51,62)(H,52,60,61)/t34-,35-,42?. The van der Waals surface area contributed by atoms with Crippen molar-refractivity contribution in [1.29, 1.82) is 5.26 Å². The van der Waals surface area contributed by atoms with E-state index in [1.165, 1.54) is 10.7 Å². The highest BCUT2D eigenvalue weighted by Crippen LogP contribution is 2.37. The van der Waals surface area contributed by atoms with Crippen molar-refractivity contribution < 1.29 is 24.3 Å². The number of aromatic nitrogens is 4. The second-order valence-electron chi connectivity index (χ2n) is 19.0. The van der Waals surface area contributed by atoms with Gasteiger partial charge in [0.15, 0.2) is 0 Å². The van der Waals surface area contributed by atoms with Gasteiger partial charge in [-0.3, -0.25) is 34.1 Å². The van der Waals surface area contributed by atoms with Crippen LogP contribution in [0.3, 0.4) is 0 Å². The fourth-order valence-electron chi connectivity index (χ4n) is 10.8. The molecule has 5 aromatic rings. The number of amides is 4. The van der Waals surface area contributed by atoms with Crippen LogP contribution < -0.4 is 15.5 Å².